The van der Waals surface area contributed by atoms with Gasteiger partial charge in [-0.3, -0.25) is 0 Å². The smallest absolute Gasteiger partial charge is 0.336 e. The van der Waals surface area contributed by atoms with E-state index in [-0.39, 0.29) is 0 Å². The molecule has 0 atom stereocenters. The Morgan fingerprint density at radius 1 is 1.13 bits per heavy atom. The molecule has 23 heavy (non-hydrogen) atoms. The van der Waals surface area contributed by atoms with Crippen molar-refractivity contribution in [1.82, 2.24) is 0 Å². The molecule has 0 bridgehead atoms. The number of aryl methyl sites for hydroxylation is 2. The number of carbonyl (C=O) groups excluding carboxylic acids is 1. The van der Waals surface area contributed by atoms with E-state index in [1.807, 2.05) is 57.2 Å². The highest BCUT2D eigenvalue weighted by atomic mass is 79.9. The van der Waals surface area contributed by atoms with Crippen molar-refractivity contribution < 1.29 is 14.3 Å². The molecule has 0 fully saturated rings. The molecule has 0 amide bonds. The maximum atomic E-state index is 12.0. The molecule has 0 unspecified atom stereocenters. The van der Waals surface area contributed by atoms with Gasteiger partial charge in [-0.05, 0) is 68.3 Å². The molecule has 0 radical (unpaired) electrons. The topological polar surface area (TPSA) is 35.5 Å². The first-order valence-electron chi connectivity index (χ1n) is 7.38. The standard InChI is InChI=1S/C19H19BrO3/c1-4-22-18-7-6-16(20)12-15(18)5-8-19(21)23-17-10-13(2)9-14(3)11-17/h5-12H,4H2,1-3H3/b8-5+. The van der Waals surface area contributed by atoms with Crippen LogP contribution in [-0.2, 0) is 4.79 Å². The summed E-state index contributed by atoms with van der Waals surface area (Å²) in [6, 6.07) is 11.4. The Balaban J connectivity index is 2.13. The summed E-state index contributed by atoms with van der Waals surface area (Å²) >= 11 is 3.42. The number of halogens is 1. The average Bonchev–Trinajstić information content (AvgIpc) is 2.46. The molecule has 0 heterocycles. The van der Waals surface area contributed by atoms with Gasteiger partial charge in [0.1, 0.15) is 11.5 Å². The van der Waals surface area contributed by atoms with Crippen LogP contribution < -0.4 is 9.47 Å². The van der Waals surface area contributed by atoms with E-state index in [1.165, 1.54) is 6.08 Å². The van der Waals surface area contributed by atoms with Crippen LogP contribution in [0, 0.1) is 13.8 Å². The highest BCUT2D eigenvalue weighted by Gasteiger charge is 2.05. The van der Waals surface area contributed by atoms with Gasteiger partial charge in [-0.15, -0.1) is 0 Å². The Morgan fingerprint density at radius 2 is 1.83 bits per heavy atom. The maximum Gasteiger partial charge on any atom is 0.336 e. The third-order valence-corrected chi connectivity index (χ3v) is 3.58. The van der Waals surface area contributed by atoms with Gasteiger partial charge in [0, 0.05) is 16.1 Å². The molecule has 0 N–H and O–H groups in total. The zero-order valence-electron chi connectivity index (χ0n) is 13.4. The summed E-state index contributed by atoms with van der Waals surface area (Å²) in [5.74, 6) is 0.861. The predicted molar refractivity (Wildman–Crippen MR) is 95.9 cm³/mol. The van der Waals surface area contributed by atoms with Crippen LogP contribution in [0.15, 0.2) is 46.9 Å². The summed E-state index contributed by atoms with van der Waals surface area (Å²) in [4.78, 5) is 12.0. The monoisotopic (exact) mass is 374 g/mol. The molecule has 2 rings (SSSR count). The Morgan fingerprint density at radius 3 is 2.48 bits per heavy atom. The van der Waals surface area contributed by atoms with E-state index in [0.717, 1.165) is 26.9 Å². The Labute approximate surface area is 145 Å². The van der Waals surface area contributed by atoms with E-state index in [2.05, 4.69) is 15.9 Å². The first kappa shape index (κ1) is 17.3. The van der Waals surface area contributed by atoms with Gasteiger partial charge in [0.15, 0.2) is 0 Å². The van der Waals surface area contributed by atoms with Crippen LogP contribution in [0.3, 0.4) is 0 Å². The van der Waals surface area contributed by atoms with Crippen molar-refractivity contribution in [3.05, 3.63) is 63.6 Å². The predicted octanol–water partition coefficient (Wildman–Crippen LogP) is 5.08. The minimum Gasteiger partial charge on any atom is -0.493 e. The number of hydrogen-bond donors (Lipinski definition) is 0. The molecule has 3 nitrogen and oxygen atoms in total. The van der Waals surface area contributed by atoms with Crippen molar-refractivity contribution in [2.24, 2.45) is 0 Å². The molecule has 0 spiro atoms. The van der Waals surface area contributed by atoms with Crippen LogP contribution in [0.1, 0.15) is 23.6 Å². The fraction of sp³-hybridized carbons (Fsp3) is 0.211. The number of ether oxygens (including phenoxy) is 2. The highest BCUT2D eigenvalue weighted by Crippen LogP contribution is 2.24. The van der Waals surface area contributed by atoms with Crippen molar-refractivity contribution in [3.8, 4) is 11.5 Å². The molecule has 4 heteroatoms. The third kappa shape index (κ3) is 5.25. The van der Waals surface area contributed by atoms with Crippen LogP contribution in [0.25, 0.3) is 6.08 Å². The lowest BCUT2D eigenvalue weighted by molar-refractivity contribution is -0.128. The zero-order valence-corrected chi connectivity index (χ0v) is 15.0. The molecular weight excluding hydrogens is 356 g/mol. The molecule has 0 saturated heterocycles. The Bertz CT molecular complexity index is 715. The molecule has 0 aliphatic rings. The van der Waals surface area contributed by atoms with Crippen LogP contribution in [0.2, 0.25) is 0 Å². The molecule has 2 aromatic carbocycles. The highest BCUT2D eigenvalue weighted by molar-refractivity contribution is 9.10. The van der Waals surface area contributed by atoms with Gasteiger partial charge >= 0.3 is 5.97 Å². The van der Waals surface area contributed by atoms with Gasteiger partial charge in [0.2, 0.25) is 0 Å². The van der Waals surface area contributed by atoms with E-state index in [0.29, 0.717) is 12.4 Å². The van der Waals surface area contributed by atoms with E-state index < -0.39 is 5.97 Å². The number of esters is 1. The quantitative estimate of drug-likeness (QED) is 0.415. The lowest BCUT2D eigenvalue weighted by atomic mass is 10.1. The maximum absolute atomic E-state index is 12.0. The van der Waals surface area contributed by atoms with Gasteiger partial charge in [-0.2, -0.15) is 0 Å². The molecule has 0 aromatic heterocycles. The van der Waals surface area contributed by atoms with Gasteiger partial charge in [0.25, 0.3) is 0 Å². The molecule has 120 valence electrons. The van der Waals surface area contributed by atoms with Crippen molar-refractivity contribution in [1.29, 1.82) is 0 Å². The first-order chi connectivity index (χ1) is 11.0. The summed E-state index contributed by atoms with van der Waals surface area (Å²) in [7, 11) is 0. The fourth-order valence-electron chi connectivity index (χ4n) is 2.24. The second kappa shape index (κ2) is 7.97. The van der Waals surface area contributed by atoms with E-state index in [4.69, 9.17) is 9.47 Å². The van der Waals surface area contributed by atoms with Crippen molar-refractivity contribution in [3.63, 3.8) is 0 Å². The Kier molecular flexibility index (Phi) is 5.99. The second-order valence-electron chi connectivity index (χ2n) is 5.19. The lowest BCUT2D eigenvalue weighted by Crippen LogP contribution is -2.04. The normalized spacial score (nSPS) is 10.8. The average molecular weight is 375 g/mol. The molecule has 0 saturated carbocycles. The van der Waals surface area contributed by atoms with Gasteiger partial charge in [-0.1, -0.05) is 22.0 Å². The van der Waals surface area contributed by atoms with Crippen molar-refractivity contribution in [2.75, 3.05) is 6.61 Å². The fourth-order valence-corrected chi connectivity index (χ4v) is 2.62. The van der Waals surface area contributed by atoms with E-state index >= 15 is 0 Å². The van der Waals surface area contributed by atoms with Crippen LogP contribution in [0.5, 0.6) is 11.5 Å². The number of benzene rings is 2. The van der Waals surface area contributed by atoms with Gasteiger partial charge in [0.05, 0.1) is 6.61 Å². The number of rotatable bonds is 5. The summed E-state index contributed by atoms with van der Waals surface area (Å²) < 4.78 is 11.8. The summed E-state index contributed by atoms with van der Waals surface area (Å²) in [6.45, 7) is 6.42. The van der Waals surface area contributed by atoms with Crippen LogP contribution in [-0.4, -0.2) is 12.6 Å². The third-order valence-electron chi connectivity index (χ3n) is 3.08. The number of carbonyl (C=O) groups is 1. The lowest BCUT2D eigenvalue weighted by Gasteiger charge is -2.07. The minimum absolute atomic E-state index is 0.419. The number of hydrogen-bond acceptors (Lipinski definition) is 3. The van der Waals surface area contributed by atoms with Gasteiger partial charge < -0.3 is 9.47 Å². The van der Waals surface area contributed by atoms with Crippen LogP contribution in [0.4, 0.5) is 0 Å². The molecular formula is C19H19BrO3. The first-order valence-corrected chi connectivity index (χ1v) is 8.18. The second-order valence-corrected chi connectivity index (χ2v) is 6.11. The van der Waals surface area contributed by atoms with E-state index in [1.54, 1.807) is 6.08 Å². The van der Waals surface area contributed by atoms with E-state index in [9.17, 15) is 4.79 Å². The molecule has 0 aliphatic carbocycles. The summed E-state index contributed by atoms with van der Waals surface area (Å²) in [5, 5.41) is 0. The molecule has 0 aliphatic heterocycles. The largest absolute Gasteiger partial charge is 0.493 e. The minimum atomic E-state index is -0.419. The molecule has 2 aromatic rings. The summed E-state index contributed by atoms with van der Waals surface area (Å²) in [5.41, 5.74) is 2.93. The SMILES string of the molecule is CCOc1ccc(Br)cc1/C=C/C(=O)Oc1cc(C)cc(C)c1. The van der Waals surface area contributed by atoms with Gasteiger partial charge in [-0.25, -0.2) is 4.79 Å². The zero-order chi connectivity index (χ0) is 16.8. The van der Waals surface area contributed by atoms with Crippen molar-refractivity contribution >= 4 is 28.0 Å². The Hall–Kier alpha value is -2.07. The summed E-state index contributed by atoms with van der Waals surface area (Å²) in [6.07, 6.45) is 3.10. The van der Waals surface area contributed by atoms with Crippen LogP contribution >= 0.6 is 15.9 Å². The van der Waals surface area contributed by atoms with Crippen molar-refractivity contribution in [2.45, 2.75) is 20.8 Å².